The molecule has 0 N–H and O–H groups in total. The van der Waals surface area contributed by atoms with E-state index >= 15 is 0 Å². The van der Waals surface area contributed by atoms with Crippen LogP contribution in [0.5, 0.6) is 0 Å². The number of aryl methyl sites for hydroxylation is 3. The molecule has 2 heterocycles. The molecule has 3 heteroatoms. The molecule has 0 aromatic carbocycles. The molecule has 2 aromatic rings. The molecule has 17 heavy (non-hydrogen) atoms. The van der Waals surface area contributed by atoms with Gasteiger partial charge in [-0.3, -0.25) is 0 Å². The summed E-state index contributed by atoms with van der Waals surface area (Å²) < 4.78 is 2.44. The van der Waals surface area contributed by atoms with Gasteiger partial charge in [0.2, 0.25) is 0 Å². The molecular formula is C14H18N2S. The Morgan fingerprint density at radius 2 is 2.24 bits per heavy atom. The first-order chi connectivity index (χ1) is 8.34. The standard InChI is InChI=1S/C14H18N2S/c1-11-15-13-4-2-3-5-14(13)16(11)8-6-12-7-9-17-10-12/h7,9-10H,2-6,8H2,1H3. The Labute approximate surface area is 106 Å². The summed E-state index contributed by atoms with van der Waals surface area (Å²) in [4.78, 5) is 4.72. The zero-order valence-corrected chi connectivity index (χ0v) is 11.1. The highest BCUT2D eigenvalue weighted by Crippen LogP contribution is 2.22. The lowest BCUT2D eigenvalue weighted by Crippen LogP contribution is -2.10. The Morgan fingerprint density at radius 3 is 3.06 bits per heavy atom. The van der Waals surface area contributed by atoms with Crippen LogP contribution < -0.4 is 0 Å². The molecule has 2 aromatic heterocycles. The second kappa shape index (κ2) is 4.65. The minimum absolute atomic E-state index is 1.09. The number of rotatable bonds is 3. The fourth-order valence-corrected chi connectivity index (χ4v) is 3.41. The summed E-state index contributed by atoms with van der Waals surface area (Å²) in [6, 6.07) is 2.23. The molecule has 0 aliphatic heterocycles. The monoisotopic (exact) mass is 246 g/mol. The molecule has 3 rings (SSSR count). The van der Waals surface area contributed by atoms with Crippen LogP contribution in [0.15, 0.2) is 16.8 Å². The lowest BCUT2D eigenvalue weighted by molar-refractivity contribution is 0.595. The Morgan fingerprint density at radius 1 is 1.35 bits per heavy atom. The van der Waals surface area contributed by atoms with Gasteiger partial charge in [0.25, 0.3) is 0 Å². The predicted octanol–water partition coefficient (Wildman–Crippen LogP) is 3.37. The quantitative estimate of drug-likeness (QED) is 0.812. The van der Waals surface area contributed by atoms with Gasteiger partial charge in [-0.05, 0) is 61.4 Å². The summed E-state index contributed by atoms with van der Waals surface area (Å²) >= 11 is 1.78. The summed E-state index contributed by atoms with van der Waals surface area (Å²) in [6.45, 7) is 3.23. The zero-order chi connectivity index (χ0) is 11.7. The molecule has 0 atom stereocenters. The van der Waals surface area contributed by atoms with Crippen LogP contribution in [0, 0.1) is 6.92 Å². The molecule has 90 valence electrons. The number of hydrogen-bond acceptors (Lipinski definition) is 2. The summed E-state index contributed by atoms with van der Waals surface area (Å²) in [5.41, 5.74) is 4.32. The fraction of sp³-hybridized carbons (Fsp3) is 0.500. The normalized spacial score (nSPS) is 14.9. The van der Waals surface area contributed by atoms with Crippen LogP contribution in [0.3, 0.4) is 0 Å². The van der Waals surface area contributed by atoms with Gasteiger partial charge in [0.1, 0.15) is 5.82 Å². The largest absolute Gasteiger partial charge is 0.332 e. The van der Waals surface area contributed by atoms with Crippen molar-refractivity contribution in [2.75, 3.05) is 0 Å². The Kier molecular flexibility index (Phi) is 3.02. The van der Waals surface area contributed by atoms with Gasteiger partial charge in [-0.15, -0.1) is 0 Å². The highest BCUT2D eigenvalue weighted by molar-refractivity contribution is 7.07. The fourth-order valence-electron chi connectivity index (χ4n) is 2.71. The second-order valence-corrected chi connectivity index (χ2v) is 5.57. The van der Waals surface area contributed by atoms with Gasteiger partial charge >= 0.3 is 0 Å². The number of nitrogens with zero attached hydrogens (tertiary/aromatic N) is 2. The van der Waals surface area contributed by atoms with Crippen molar-refractivity contribution < 1.29 is 0 Å². The average molecular weight is 246 g/mol. The van der Waals surface area contributed by atoms with Gasteiger partial charge < -0.3 is 4.57 Å². The van der Waals surface area contributed by atoms with E-state index in [4.69, 9.17) is 4.98 Å². The zero-order valence-electron chi connectivity index (χ0n) is 10.3. The van der Waals surface area contributed by atoms with Crippen LogP contribution in [0.1, 0.15) is 35.6 Å². The van der Waals surface area contributed by atoms with E-state index in [1.54, 1.807) is 11.3 Å². The number of imidazole rings is 1. The van der Waals surface area contributed by atoms with Crippen molar-refractivity contribution in [2.24, 2.45) is 0 Å². The van der Waals surface area contributed by atoms with Crippen molar-refractivity contribution in [1.29, 1.82) is 0 Å². The van der Waals surface area contributed by atoms with E-state index < -0.39 is 0 Å². The molecule has 0 amide bonds. The molecule has 0 bridgehead atoms. The first-order valence-electron chi connectivity index (χ1n) is 6.40. The number of fused-ring (bicyclic) bond motifs is 1. The molecule has 1 aliphatic carbocycles. The molecule has 0 saturated heterocycles. The molecule has 0 spiro atoms. The summed E-state index contributed by atoms with van der Waals surface area (Å²) in [5, 5.41) is 4.41. The van der Waals surface area contributed by atoms with E-state index in [1.807, 2.05) is 0 Å². The van der Waals surface area contributed by atoms with Crippen LogP contribution >= 0.6 is 11.3 Å². The predicted molar refractivity (Wildman–Crippen MR) is 71.6 cm³/mol. The van der Waals surface area contributed by atoms with Crippen molar-refractivity contribution in [3.63, 3.8) is 0 Å². The summed E-state index contributed by atoms with van der Waals surface area (Å²) in [6.07, 6.45) is 6.18. The van der Waals surface area contributed by atoms with Crippen LogP contribution in [-0.2, 0) is 25.8 Å². The van der Waals surface area contributed by atoms with Crippen molar-refractivity contribution in [2.45, 2.75) is 45.6 Å². The summed E-state index contributed by atoms with van der Waals surface area (Å²) in [7, 11) is 0. The van der Waals surface area contributed by atoms with Crippen LogP contribution in [0.2, 0.25) is 0 Å². The van der Waals surface area contributed by atoms with Gasteiger partial charge in [0, 0.05) is 12.2 Å². The highest BCUT2D eigenvalue weighted by Gasteiger charge is 2.17. The molecule has 0 unspecified atom stereocenters. The lowest BCUT2D eigenvalue weighted by atomic mass is 10.0. The maximum absolute atomic E-state index is 4.72. The Balaban J connectivity index is 1.80. The first-order valence-corrected chi connectivity index (χ1v) is 7.35. The van der Waals surface area contributed by atoms with E-state index in [9.17, 15) is 0 Å². The van der Waals surface area contributed by atoms with Crippen molar-refractivity contribution >= 4 is 11.3 Å². The van der Waals surface area contributed by atoms with Gasteiger partial charge in [-0.2, -0.15) is 11.3 Å². The average Bonchev–Trinajstić information content (AvgIpc) is 2.93. The van der Waals surface area contributed by atoms with Crippen molar-refractivity contribution in [3.05, 3.63) is 39.6 Å². The Hall–Kier alpha value is -1.09. The second-order valence-electron chi connectivity index (χ2n) is 4.79. The summed E-state index contributed by atoms with van der Waals surface area (Å²) in [5.74, 6) is 1.20. The molecular weight excluding hydrogens is 228 g/mol. The van der Waals surface area contributed by atoms with E-state index in [0.29, 0.717) is 0 Å². The van der Waals surface area contributed by atoms with Gasteiger partial charge in [0.15, 0.2) is 0 Å². The third-order valence-corrected chi connectivity index (χ3v) is 4.36. The molecule has 1 aliphatic rings. The van der Waals surface area contributed by atoms with E-state index in [-0.39, 0.29) is 0 Å². The third kappa shape index (κ3) is 2.16. The number of thiophene rings is 1. The maximum Gasteiger partial charge on any atom is 0.106 e. The minimum Gasteiger partial charge on any atom is -0.332 e. The van der Waals surface area contributed by atoms with Crippen molar-refractivity contribution in [3.8, 4) is 0 Å². The van der Waals surface area contributed by atoms with E-state index in [1.165, 1.54) is 48.5 Å². The van der Waals surface area contributed by atoms with Crippen molar-refractivity contribution in [1.82, 2.24) is 9.55 Å². The third-order valence-electron chi connectivity index (χ3n) is 3.63. The minimum atomic E-state index is 1.09. The molecule has 0 radical (unpaired) electrons. The Bertz CT molecular complexity index is 497. The first kappa shape index (κ1) is 11.0. The van der Waals surface area contributed by atoms with Crippen LogP contribution in [0.4, 0.5) is 0 Å². The van der Waals surface area contributed by atoms with Gasteiger partial charge in [-0.25, -0.2) is 4.98 Å². The van der Waals surface area contributed by atoms with Crippen LogP contribution in [-0.4, -0.2) is 9.55 Å². The smallest absolute Gasteiger partial charge is 0.106 e. The van der Waals surface area contributed by atoms with E-state index in [0.717, 1.165) is 13.0 Å². The topological polar surface area (TPSA) is 17.8 Å². The molecule has 0 saturated carbocycles. The van der Waals surface area contributed by atoms with Gasteiger partial charge in [0.05, 0.1) is 5.69 Å². The SMILES string of the molecule is Cc1nc2c(n1CCc1ccsc1)CCCC2. The number of aromatic nitrogens is 2. The van der Waals surface area contributed by atoms with Gasteiger partial charge in [-0.1, -0.05) is 0 Å². The lowest BCUT2D eigenvalue weighted by Gasteiger charge is -2.14. The molecule has 0 fully saturated rings. The molecule has 2 nitrogen and oxygen atoms in total. The maximum atomic E-state index is 4.72. The van der Waals surface area contributed by atoms with Crippen LogP contribution in [0.25, 0.3) is 0 Å². The van der Waals surface area contributed by atoms with E-state index in [2.05, 4.69) is 28.3 Å². The highest BCUT2D eigenvalue weighted by atomic mass is 32.1. The number of hydrogen-bond donors (Lipinski definition) is 0.